The zero-order chi connectivity index (χ0) is 57.5. The molecule has 8 aliphatic rings. The summed E-state index contributed by atoms with van der Waals surface area (Å²) in [6.45, 7) is 13.8. The van der Waals surface area contributed by atoms with E-state index in [0.717, 1.165) is 12.0 Å². The van der Waals surface area contributed by atoms with Gasteiger partial charge in [-0.3, -0.25) is 0 Å². The van der Waals surface area contributed by atoms with Gasteiger partial charge in [-0.25, -0.2) is 0 Å². The van der Waals surface area contributed by atoms with Gasteiger partial charge in [0.15, 0.2) is 25.2 Å². The number of ether oxygens (including phenoxy) is 8. The summed E-state index contributed by atoms with van der Waals surface area (Å²) in [5.74, 6) is -0.952. The maximum absolute atomic E-state index is 12.8. The molecule has 0 bridgehead atoms. The fraction of sp³-hybridized carbons (Fsp3) is 0.963. The molecule has 24 nitrogen and oxygen atoms in total. The van der Waals surface area contributed by atoms with Crippen molar-refractivity contribution < 1.29 is 120 Å². The normalized spacial score (nSPS) is 53.1. The van der Waals surface area contributed by atoms with Crippen LogP contribution in [0.1, 0.15) is 107 Å². The van der Waals surface area contributed by atoms with E-state index in [4.69, 9.17) is 37.9 Å². The van der Waals surface area contributed by atoms with E-state index in [1.165, 1.54) is 0 Å². The molecule has 8 rings (SSSR count). The van der Waals surface area contributed by atoms with Gasteiger partial charge in [0, 0.05) is 0 Å². The number of aliphatic hydroxyl groups is 16. The molecular formula is C54H92O24. The third-order valence-electron chi connectivity index (χ3n) is 20.8. The molecule has 24 heteroatoms. The SMILES string of the molecule is CC(C)=CCC[C@](C)(O[C@@H]1O[C@H](CO[C@@H]2O[C@H](CO)[C@@H](O)[C@H](O)[C@H]2O)[C@@H](O)[C@H](O)[C@H]1O)[C@H]1CC[C@]2(C)[C@@H]1[C@H](O)C[C@@H]1[C@@]3(C)C[C@@H](O)[C@H](O[C@@H]4O[C@H](CO)[C@@H](O)[C@H](O)[C@H]4O[C@@H]4O[C@H](CO)[C@@H](O)[C@H](O)[C@H]4O)C(C)(C)[C@@H]3CC[C@]12C. The molecule has 0 aromatic carbocycles. The molecule has 452 valence electrons. The molecule has 16 N–H and O–H groups in total. The number of hydrogen-bond donors (Lipinski definition) is 16. The van der Waals surface area contributed by atoms with Gasteiger partial charge < -0.3 is 120 Å². The van der Waals surface area contributed by atoms with Crippen molar-refractivity contribution in [3.8, 4) is 0 Å². The Balaban J connectivity index is 1.02. The van der Waals surface area contributed by atoms with Crippen LogP contribution in [0.5, 0.6) is 0 Å². The van der Waals surface area contributed by atoms with Crippen LogP contribution in [0.25, 0.3) is 0 Å². The van der Waals surface area contributed by atoms with Crippen LogP contribution >= 0.6 is 0 Å². The highest BCUT2D eigenvalue weighted by Gasteiger charge is 2.73. The molecule has 4 saturated carbocycles. The molecule has 0 aromatic rings. The Morgan fingerprint density at radius 1 is 0.551 bits per heavy atom. The molecule has 4 aliphatic carbocycles. The Labute approximate surface area is 455 Å². The van der Waals surface area contributed by atoms with E-state index in [1.807, 2.05) is 34.6 Å². The van der Waals surface area contributed by atoms with Crippen LogP contribution in [-0.2, 0) is 37.9 Å². The Kier molecular flexibility index (Phi) is 19.1. The second-order valence-corrected chi connectivity index (χ2v) is 25.9. The lowest BCUT2D eigenvalue weighted by Gasteiger charge is -2.71. The van der Waals surface area contributed by atoms with Crippen molar-refractivity contribution in [2.75, 3.05) is 26.4 Å². The third kappa shape index (κ3) is 10.8. The summed E-state index contributed by atoms with van der Waals surface area (Å²) in [7, 11) is 0. The van der Waals surface area contributed by atoms with E-state index in [9.17, 15) is 81.7 Å². The van der Waals surface area contributed by atoms with Gasteiger partial charge in [0.1, 0.15) is 97.7 Å². The van der Waals surface area contributed by atoms with Gasteiger partial charge in [-0.1, -0.05) is 46.3 Å². The smallest absolute Gasteiger partial charge is 0.187 e. The van der Waals surface area contributed by atoms with E-state index in [2.05, 4.69) is 26.8 Å². The standard InChI is InChI=1S/C54H92O24/c1-22(2)10-9-13-54(8,78-48-43(70)39(66)36(63)29(75-48)21-71-46-41(68)37(64)33(60)26(18-55)72-46)23-11-14-53(7)32(23)24(58)16-31-51(5)17-25(59)45(50(3,4)30(51)12-15-52(31,53)6)77-49-44(40(67)35(62)28(20-57)74-49)76-47-42(69)38(65)34(61)27(19-56)73-47/h10,23-49,55-70H,9,11-21H2,1-8H3/t23-,24+,25+,26+,27+,28+,29+,30-,31+,32-,33+,34+,35+,36+,37-,38-,39-,40-,41+,42+,43+,44+,45-,46+,47-,48-,49-,51-,52+,53+,54-/m0/s1. The first kappa shape index (κ1) is 62.8. The van der Waals surface area contributed by atoms with Gasteiger partial charge in [-0.05, 0) is 117 Å². The van der Waals surface area contributed by atoms with Crippen molar-refractivity contribution in [3.63, 3.8) is 0 Å². The van der Waals surface area contributed by atoms with Crippen molar-refractivity contribution in [2.45, 2.75) is 253 Å². The summed E-state index contributed by atoms with van der Waals surface area (Å²) in [4.78, 5) is 0. The first-order valence-electron chi connectivity index (χ1n) is 28.0. The van der Waals surface area contributed by atoms with Gasteiger partial charge in [-0.2, -0.15) is 0 Å². The van der Waals surface area contributed by atoms with Gasteiger partial charge in [0.2, 0.25) is 0 Å². The first-order chi connectivity index (χ1) is 36.5. The lowest BCUT2D eigenvalue weighted by Crippen LogP contribution is -2.70. The lowest BCUT2D eigenvalue weighted by molar-refractivity contribution is -0.383. The van der Waals surface area contributed by atoms with Crippen molar-refractivity contribution >= 4 is 0 Å². The quantitative estimate of drug-likeness (QED) is 0.0534. The van der Waals surface area contributed by atoms with E-state index in [0.29, 0.717) is 38.5 Å². The monoisotopic (exact) mass is 1120 g/mol. The summed E-state index contributed by atoms with van der Waals surface area (Å²) < 4.78 is 48.6. The number of fused-ring (bicyclic) bond motifs is 5. The topological polar surface area (TPSA) is 398 Å². The summed E-state index contributed by atoms with van der Waals surface area (Å²) >= 11 is 0. The fourth-order valence-corrected chi connectivity index (χ4v) is 16.4. The third-order valence-corrected chi connectivity index (χ3v) is 20.8. The molecular weight excluding hydrogens is 1030 g/mol. The fourth-order valence-electron chi connectivity index (χ4n) is 16.4. The minimum absolute atomic E-state index is 0.138. The van der Waals surface area contributed by atoms with Crippen LogP contribution < -0.4 is 0 Å². The molecule has 0 amide bonds. The van der Waals surface area contributed by atoms with Gasteiger partial charge >= 0.3 is 0 Å². The molecule has 4 heterocycles. The van der Waals surface area contributed by atoms with Crippen LogP contribution in [0.2, 0.25) is 0 Å². The molecule has 0 aromatic heterocycles. The average Bonchev–Trinajstić information content (AvgIpc) is 3.56. The van der Waals surface area contributed by atoms with Crippen molar-refractivity contribution in [1.29, 1.82) is 0 Å². The maximum atomic E-state index is 12.8. The van der Waals surface area contributed by atoms with E-state index in [1.54, 1.807) is 0 Å². The number of allylic oxidation sites excluding steroid dienone is 2. The highest BCUT2D eigenvalue weighted by atomic mass is 16.8. The van der Waals surface area contributed by atoms with Crippen LogP contribution in [0.3, 0.4) is 0 Å². The van der Waals surface area contributed by atoms with E-state index < -0.39 is 195 Å². The Morgan fingerprint density at radius 2 is 1.05 bits per heavy atom. The summed E-state index contributed by atoms with van der Waals surface area (Å²) in [5, 5.41) is 174. The van der Waals surface area contributed by atoms with Crippen LogP contribution in [0.15, 0.2) is 11.6 Å². The van der Waals surface area contributed by atoms with Crippen molar-refractivity contribution in [3.05, 3.63) is 11.6 Å². The second kappa shape index (κ2) is 23.7. The molecule has 78 heavy (non-hydrogen) atoms. The van der Waals surface area contributed by atoms with Crippen molar-refractivity contribution in [1.82, 2.24) is 0 Å². The number of hydrogen-bond acceptors (Lipinski definition) is 24. The Hall–Kier alpha value is -1.22. The highest BCUT2D eigenvalue weighted by molar-refractivity contribution is 5.21. The van der Waals surface area contributed by atoms with Gasteiger partial charge in [-0.15, -0.1) is 0 Å². The molecule has 31 atom stereocenters. The largest absolute Gasteiger partial charge is 0.394 e. The van der Waals surface area contributed by atoms with E-state index >= 15 is 0 Å². The van der Waals surface area contributed by atoms with Gasteiger partial charge in [0.05, 0.1) is 50.3 Å². The predicted molar refractivity (Wildman–Crippen MR) is 268 cm³/mol. The highest BCUT2D eigenvalue weighted by Crippen LogP contribution is 2.76. The minimum Gasteiger partial charge on any atom is -0.394 e. The number of aliphatic hydroxyl groups excluding tert-OH is 16. The Bertz CT molecular complexity index is 2030. The summed E-state index contributed by atoms with van der Waals surface area (Å²) in [6, 6.07) is 0. The molecule has 0 radical (unpaired) electrons. The second-order valence-electron chi connectivity index (χ2n) is 25.9. The summed E-state index contributed by atoms with van der Waals surface area (Å²) in [6.07, 6.45) is -29.4. The molecule has 8 fully saturated rings. The molecule has 0 spiro atoms. The molecule has 4 aliphatic heterocycles. The molecule has 4 saturated heterocycles. The molecule has 0 unspecified atom stereocenters. The maximum Gasteiger partial charge on any atom is 0.187 e. The van der Waals surface area contributed by atoms with Crippen LogP contribution in [-0.4, -0.2) is 255 Å². The number of rotatable bonds is 16. The van der Waals surface area contributed by atoms with Crippen LogP contribution in [0.4, 0.5) is 0 Å². The van der Waals surface area contributed by atoms with E-state index in [-0.39, 0.29) is 30.1 Å². The zero-order valence-corrected chi connectivity index (χ0v) is 46.1. The van der Waals surface area contributed by atoms with Crippen LogP contribution in [0, 0.1) is 45.3 Å². The minimum atomic E-state index is -1.87. The Morgan fingerprint density at radius 3 is 1.63 bits per heavy atom. The lowest BCUT2D eigenvalue weighted by atomic mass is 9.35. The summed E-state index contributed by atoms with van der Waals surface area (Å²) in [5.41, 5.74) is -2.43. The average molecular weight is 1130 g/mol. The first-order valence-corrected chi connectivity index (χ1v) is 28.0. The van der Waals surface area contributed by atoms with Gasteiger partial charge in [0.25, 0.3) is 0 Å². The van der Waals surface area contributed by atoms with Crippen molar-refractivity contribution in [2.24, 2.45) is 45.3 Å². The predicted octanol–water partition coefficient (Wildman–Crippen LogP) is -3.23. The zero-order valence-electron chi connectivity index (χ0n) is 46.1.